The van der Waals surface area contributed by atoms with Gasteiger partial charge in [0.05, 0.1) is 13.1 Å². The molecule has 27 heavy (non-hydrogen) atoms. The Kier molecular flexibility index (Phi) is 5.95. The van der Waals surface area contributed by atoms with E-state index in [9.17, 15) is 18.0 Å². The number of rotatable bonds is 5. The van der Waals surface area contributed by atoms with Crippen LogP contribution in [0, 0.1) is 0 Å². The Bertz CT molecular complexity index is 767. The highest BCUT2D eigenvalue weighted by atomic mass is 19.4. The van der Waals surface area contributed by atoms with Crippen molar-refractivity contribution in [2.45, 2.75) is 19.2 Å². The number of halogens is 3. The molecule has 0 saturated carbocycles. The summed E-state index contributed by atoms with van der Waals surface area (Å²) in [5, 5.41) is 2.68. The summed E-state index contributed by atoms with van der Waals surface area (Å²) in [5.41, 5.74) is 2.80. The number of dihydropyridines is 1. The third-order valence-electron chi connectivity index (χ3n) is 4.27. The summed E-state index contributed by atoms with van der Waals surface area (Å²) in [6.45, 7) is 2.38. The normalized spacial score (nSPS) is 17.9. The van der Waals surface area contributed by atoms with Crippen molar-refractivity contribution >= 4 is 17.3 Å². The maximum Gasteiger partial charge on any atom is 0.573 e. The minimum absolute atomic E-state index is 0.214. The average molecular weight is 379 g/mol. The number of hydrogen-bond acceptors (Lipinski definition) is 4. The van der Waals surface area contributed by atoms with Crippen molar-refractivity contribution in [2.24, 2.45) is 4.99 Å². The molecule has 1 N–H and O–H groups in total. The van der Waals surface area contributed by atoms with Gasteiger partial charge in [-0.3, -0.25) is 14.7 Å². The highest BCUT2D eigenvalue weighted by molar-refractivity contribution is 6.01. The molecule has 8 heteroatoms. The second-order valence-electron chi connectivity index (χ2n) is 6.30. The summed E-state index contributed by atoms with van der Waals surface area (Å²) >= 11 is 0. The number of alkyl halides is 3. The molecule has 1 amide bonds. The van der Waals surface area contributed by atoms with E-state index in [4.69, 9.17) is 0 Å². The zero-order chi connectivity index (χ0) is 19.3. The van der Waals surface area contributed by atoms with E-state index in [0.717, 1.165) is 31.6 Å². The number of carbonyl (C=O) groups excluding carboxylic acids is 1. The minimum atomic E-state index is -4.73. The Labute approximate surface area is 155 Å². The second-order valence-corrected chi connectivity index (χ2v) is 6.30. The fraction of sp³-hybridized carbons (Fsp3) is 0.368. The SMILES string of the molecule is O=C(CN1CC=C(C2=NCC=CC2)CC1)Nc1ccc(OC(F)(F)F)cc1. The molecule has 3 rings (SSSR count). The van der Waals surface area contributed by atoms with E-state index in [1.807, 2.05) is 11.0 Å². The Balaban J connectivity index is 1.47. The highest BCUT2D eigenvalue weighted by Gasteiger charge is 2.31. The molecule has 0 atom stereocenters. The zero-order valence-electron chi connectivity index (χ0n) is 14.6. The van der Waals surface area contributed by atoms with Crippen LogP contribution >= 0.6 is 0 Å². The molecule has 144 valence electrons. The summed E-state index contributed by atoms with van der Waals surface area (Å²) < 4.78 is 40.2. The summed E-state index contributed by atoms with van der Waals surface area (Å²) in [5.74, 6) is -0.538. The van der Waals surface area contributed by atoms with E-state index in [0.29, 0.717) is 12.2 Å². The second kappa shape index (κ2) is 8.39. The van der Waals surface area contributed by atoms with Crippen LogP contribution in [0.15, 0.2) is 53.1 Å². The average Bonchev–Trinajstić information content (AvgIpc) is 2.63. The van der Waals surface area contributed by atoms with Gasteiger partial charge in [-0.05, 0) is 36.3 Å². The van der Waals surface area contributed by atoms with Crippen molar-refractivity contribution in [2.75, 3.05) is 31.5 Å². The van der Waals surface area contributed by atoms with Gasteiger partial charge < -0.3 is 10.1 Å². The van der Waals surface area contributed by atoms with E-state index in [2.05, 4.69) is 27.2 Å². The molecule has 0 spiro atoms. The van der Waals surface area contributed by atoms with Crippen LogP contribution in [-0.4, -0.2) is 49.1 Å². The number of carbonyl (C=O) groups is 1. The van der Waals surface area contributed by atoms with Crippen molar-refractivity contribution < 1.29 is 22.7 Å². The van der Waals surface area contributed by atoms with Crippen molar-refractivity contribution in [1.29, 1.82) is 0 Å². The Morgan fingerprint density at radius 3 is 2.59 bits per heavy atom. The number of nitrogens with one attached hydrogen (secondary N) is 1. The Hall–Kier alpha value is -2.61. The van der Waals surface area contributed by atoms with Gasteiger partial charge in [0.25, 0.3) is 0 Å². The van der Waals surface area contributed by atoms with Crippen LogP contribution in [0.5, 0.6) is 5.75 Å². The molecule has 2 aliphatic heterocycles. The van der Waals surface area contributed by atoms with Gasteiger partial charge in [0, 0.05) is 30.9 Å². The Morgan fingerprint density at radius 2 is 2.00 bits per heavy atom. The quantitative estimate of drug-likeness (QED) is 0.796. The molecule has 0 radical (unpaired) electrons. The van der Waals surface area contributed by atoms with E-state index >= 15 is 0 Å². The molecular weight excluding hydrogens is 359 g/mol. The van der Waals surface area contributed by atoms with Crippen molar-refractivity contribution in [3.63, 3.8) is 0 Å². The van der Waals surface area contributed by atoms with Crippen LogP contribution in [0.4, 0.5) is 18.9 Å². The number of amides is 1. The Morgan fingerprint density at radius 1 is 1.22 bits per heavy atom. The lowest BCUT2D eigenvalue weighted by atomic mass is 9.99. The summed E-state index contributed by atoms with van der Waals surface area (Å²) in [6, 6.07) is 5.08. The number of anilines is 1. The maximum absolute atomic E-state index is 12.2. The largest absolute Gasteiger partial charge is 0.573 e. The van der Waals surface area contributed by atoms with Crippen LogP contribution in [0.1, 0.15) is 12.8 Å². The maximum atomic E-state index is 12.2. The smallest absolute Gasteiger partial charge is 0.406 e. The van der Waals surface area contributed by atoms with Crippen molar-refractivity contribution in [1.82, 2.24) is 4.90 Å². The predicted molar refractivity (Wildman–Crippen MR) is 97.0 cm³/mol. The zero-order valence-corrected chi connectivity index (χ0v) is 14.6. The molecule has 2 heterocycles. The number of hydrogen-bond donors (Lipinski definition) is 1. The molecule has 0 aliphatic carbocycles. The monoisotopic (exact) mass is 379 g/mol. The van der Waals surface area contributed by atoms with Gasteiger partial charge in [-0.1, -0.05) is 18.2 Å². The van der Waals surface area contributed by atoms with E-state index in [-0.39, 0.29) is 18.2 Å². The topological polar surface area (TPSA) is 53.9 Å². The van der Waals surface area contributed by atoms with Crippen LogP contribution in [0.2, 0.25) is 0 Å². The number of ether oxygens (including phenoxy) is 1. The molecule has 5 nitrogen and oxygen atoms in total. The van der Waals surface area contributed by atoms with Gasteiger partial charge in [-0.25, -0.2) is 0 Å². The molecule has 0 saturated heterocycles. The van der Waals surface area contributed by atoms with Crippen LogP contribution in [0.3, 0.4) is 0 Å². The lowest BCUT2D eigenvalue weighted by molar-refractivity contribution is -0.274. The third-order valence-corrected chi connectivity index (χ3v) is 4.27. The molecule has 0 unspecified atom stereocenters. The molecule has 0 aromatic heterocycles. The van der Waals surface area contributed by atoms with Gasteiger partial charge in [0.15, 0.2) is 0 Å². The van der Waals surface area contributed by atoms with Gasteiger partial charge >= 0.3 is 6.36 Å². The number of nitrogens with zero attached hydrogens (tertiary/aromatic N) is 2. The minimum Gasteiger partial charge on any atom is -0.406 e. The summed E-state index contributed by atoms with van der Waals surface area (Å²) in [6.07, 6.45) is 3.26. The van der Waals surface area contributed by atoms with Gasteiger partial charge in [-0.2, -0.15) is 0 Å². The number of aliphatic imine (C=N–C) groups is 1. The molecule has 0 fully saturated rings. The van der Waals surface area contributed by atoms with Crippen LogP contribution < -0.4 is 10.1 Å². The lowest BCUT2D eigenvalue weighted by Gasteiger charge is -2.26. The summed E-state index contributed by atoms with van der Waals surface area (Å²) in [7, 11) is 0. The first-order chi connectivity index (χ1) is 12.9. The standard InChI is InChI=1S/C19H20F3N3O2/c20-19(21,22)27-16-6-4-15(5-7-16)24-18(26)13-25-11-8-14(9-12-25)17-3-1-2-10-23-17/h1-2,4-8H,3,9-13H2,(H,24,26). The van der Waals surface area contributed by atoms with Gasteiger partial charge in [0.1, 0.15) is 5.75 Å². The fourth-order valence-corrected chi connectivity index (χ4v) is 2.99. The first kappa shape index (κ1) is 19.2. The number of benzene rings is 1. The first-order valence-corrected chi connectivity index (χ1v) is 8.65. The predicted octanol–water partition coefficient (Wildman–Crippen LogP) is 3.56. The first-order valence-electron chi connectivity index (χ1n) is 8.65. The van der Waals surface area contributed by atoms with Crippen LogP contribution in [0.25, 0.3) is 0 Å². The van der Waals surface area contributed by atoms with Gasteiger partial charge in [-0.15, -0.1) is 13.2 Å². The van der Waals surface area contributed by atoms with Crippen molar-refractivity contribution in [3.05, 3.63) is 48.1 Å². The van der Waals surface area contributed by atoms with Gasteiger partial charge in [0.2, 0.25) is 5.91 Å². The van der Waals surface area contributed by atoms with E-state index in [1.165, 1.54) is 29.8 Å². The molecule has 1 aromatic rings. The highest BCUT2D eigenvalue weighted by Crippen LogP contribution is 2.24. The lowest BCUT2D eigenvalue weighted by Crippen LogP contribution is -2.37. The van der Waals surface area contributed by atoms with Crippen molar-refractivity contribution in [3.8, 4) is 5.75 Å². The fourth-order valence-electron chi connectivity index (χ4n) is 2.99. The molecular formula is C19H20F3N3O2. The van der Waals surface area contributed by atoms with E-state index in [1.54, 1.807) is 0 Å². The molecule has 2 aliphatic rings. The van der Waals surface area contributed by atoms with E-state index < -0.39 is 6.36 Å². The summed E-state index contributed by atoms with van der Waals surface area (Å²) in [4.78, 5) is 18.7. The third kappa shape index (κ3) is 5.96. The molecule has 1 aromatic carbocycles. The molecule has 0 bridgehead atoms. The van der Waals surface area contributed by atoms with Crippen LogP contribution in [-0.2, 0) is 4.79 Å². The number of allylic oxidation sites excluding steroid dienone is 1.